The lowest BCUT2D eigenvalue weighted by molar-refractivity contribution is -0.365. The summed E-state index contributed by atoms with van der Waals surface area (Å²) in [5.41, 5.74) is -6.98. The van der Waals surface area contributed by atoms with Crippen LogP contribution in [0.1, 0.15) is 85.5 Å². The third-order valence-corrected chi connectivity index (χ3v) is 11.6. The molecule has 0 aromatic heterocycles. The molecule has 1 unspecified atom stereocenters. The van der Waals surface area contributed by atoms with Crippen molar-refractivity contribution < 1.29 is 76.6 Å². The van der Waals surface area contributed by atoms with Crippen LogP contribution in [0, 0.1) is 16.7 Å². The fraction of sp³-hybridized carbons (Fsp3) is 0.615. The highest BCUT2D eigenvalue weighted by Gasteiger charge is 2.79. The van der Waals surface area contributed by atoms with E-state index in [4.69, 9.17) is 37.9 Å². The molecular formula is C39H48O16. The van der Waals surface area contributed by atoms with Crippen LogP contribution in [0.25, 0.3) is 0 Å². The Hall–Kier alpha value is -4.83. The van der Waals surface area contributed by atoms with Crippen molar-refractivity contribution in [1.29, 1.82) is 0 Å². The fourth-order valence-corrected chi connectivity index (χ4v) is 9.32. The minimum absolute atomic E-state index is 0.0936. The molecule has 1 N–H and O–H groups in total. The lowest BCUT2D eigenvalue weighted by atomic mass is 9.44. The number of hydrogen-bond acceptors (Lipinski definition) is 16. The standard InChI is InChI=1S/C39H48O16/c1-19-26(50-21(3)41)16-39(47)34(54-35(46)25-13-11-10-12-14-25)32-37(9,27(51-22(4)42)15-28-38(32,18-49-28)55-24(6)44)33(52-23(5)43)31(30(19)36(39,7)8)53-29(45)17-48-20(2)40/h10-14,26-28,31-34,47H,15-18H2,1-9H3/t26-,27-,28?,31+,32-,33-,34-,37+,38-,39+/m0/s1. The molecule has 4 aliphatic rings. The lowest BCUT2D eigenvalue weighted by Crippen LogP contribution is -2.83. The summed E-state index contributed by atoms with van der Waals surface area (Å²) in [6.45, 7) is 10.9. The number of rotatable bonds is 9. The van der Waals surface area contributed by atoms with Crippen molar-refractivity contribution in [3.05, 3.63) is 47.0 Å². The van der Waals surface area contributed by atoms with E-state index in [1.807, 2.05) is 0 Å². The second kappa shape index (κ2) is 15.0. The van der Waals surface area contributed by atoms with Crippen LogP contribution in [0.5, 0.6) is 0 Å². The minimum atomic E-state index is -2.29. The molecule has 1 heterocycles. The Balaban J connectivity index is 1.94. The summed E-state index contributed by atoms with van der Waals surface area (Å²) in [6.07, 6.45) is -9.13. The summed E-state index contributed by atoms with van der Waals surface area (Å²) in [6, 6.07) is 7.90. The summed E-state index contributed by atoms with van der Waals surface area (Å²) < 4.78 is 47.6. The molecule has 16 nitrogen and oxygen atoms in total. The van der Waals surface area contributed by atoms with Gasteiger partial charge in [-0.15, -0.1) is 0 Å². The van der Waals surface area contributed by atoms with E-state index in [1.165, 1.54) is 12.1 Å². The Morgan fingerprint density at radius 3 is 1.93 bits per heavy atom. The molecule has 55 heavy (non-hydrogen) atoms. The van der Waals surface area contributed by atoms with Gasteiger partial charge in [-0.05, 0) is 30.2 Å². The van der Waals surface area contributed by atoms with E-state index in [9.17, 15) is 38.7 Å². The monoisotopic (exact) mass is 772 g/mol. The highest BCUT2D eigenvalue weighted by atomic mass is 16.6. The normalized spacial score (nSPS) is 34.4. The van der Waals surface area contributed by atoms with E-state index in [0.717, 1.165) is 34.6 Å². The fourth-order valence-electron chi connectivity index (χ4n) is 9.32. The van der Waals surface area contributed by atoms with Gasteiger partial charge in [-0.1, -0.05) is 39.0 Å². The number of fused-ring (bicyclic) bond motifs is 5. The Morgan fingerprint density at radius 1 is 0.782 bits per heavy atom. The maximum atomic E-state index is 14.3. The van der Waals surface area contributed by atoms with E-state index in [2.05, 4.69) is 0 Å². The molecule has 1 aliphatic heterocycles. The molecule has 300 valence electrons. The number of ether oxygens (including phenoxy) is 8. The van der Waals surface area contributed by atoms with Gasteiger partial charge in [-0.2, -0.15) is 0 Å². The second-order valence-corrected chi connectivity index (χ2v) is 15.4. The molecule has 3 fully saturated rings. The first-order valence-electron chi connectivity index (χ1n) is 17.9. The zero-order chi connectivity index (χ0) is 40.8. The molecule has 16 heteroatoms. The van der Waals surface area contributed by atoms with Crippen LogP contribution in [0.4, 0.5) is 0 Å². The molecular weight excluding hydrogens is 724 g/mol. The smallest absolute Gasteiger partial charge is 0.345 e. The quantitative estimate of drug-likeness (QED) is 0.217. The molecule has 0 amide bonds. The second-order valence-electron chi connectivity index (χ2n) is 15.4. The predicted octanol–water partition coefficient (Wildman–Crippen LogP) is 2.70. The van der Waals surface area contributed by atoms with Crippen molar-refractivity contribution in [1.82, 2.24) is 0 Å². The molecule has 3 aliphatic carbocycles. The van der Waals surface area contributed by atoms with Crippen LogP contribution < -0.4 is 0 Å². The SMILES string of the molecule is CC(=O)OCC(=O)O[C@@H]1C2=C(C)[C@@H](OC(C)=O)C[C@@](O)([C@@H](OC(=O)c3ccccc3)[C@H]3[C@@](C)([C@@H](OC(C)=O)CC4OC[C@]43OC(C)=O)[C@H]1OC(C)=O)C2(C)C. The molecule has 10 atom stereocenters. The molecule has 2 bridgehead atoms. The first-order chi connectivity index (χ1) is 25.6. The minimum Gasteiger partial charge on any atom is -0.462 e. The van der Waals surface area contributed by atoms with Gasteiger partial charge in [0.1, 0.15) is 30.0 Å². The van der Waals surface area contributed by atoms with Gasteiger partial charge in [0.15, 0.2) is 24.4 Å². The van der Waals surface area contributed by atoms with Gasteiger partial charge in [0.25, 0.3) is 0 Å². The van der Waals surface area contributed by atoms with Gasteiger partial charge in [-0.3, -0.25) is 24.0 Å². The van der Waals surface area contributed by atoms with Crippen LogP contribution >= 0.6 is 0 Å². The van der Waals surface area contributed by atoms with Gasteiger partial charge in [-0.25, -0.2) is 9.59 Å². The van der Waals surface area contributed by atoms with E-state index < -0.39 is 113 Å². The van der Waals surface area contributed by atoms with Gasteiger partial charge in [0.05, 0.1) is 23.5 Å². The maximum Gasteiger partial charge on any atom is 0.345 e. The number of carbonyl (C=O) groups excluding carboxylic acids is 7. The number of carbonyl (C=O) groups is 7. The van der Waals surface area contributed by atoms with Gasteiger partial charge < -0.3 is 43.0 Å². The summed E-state index contributed by atoms with van der Waals surface area (Å²) in [5, 5.41) is 13.6. The highest BCUT2D eigenvalue weighted by molar-refractivity contribution is 5.89. The number of aliphatic hydroxyl groups is 1. The summed E-state index contributed by atoms with van der Waals surface area (Å²) in [5.74, 6) is -7.38. The van der Waals surface area contributed by atoms with Crippen LogP contribution in [-0.2, 0) is 66.7 Å². The van der Waals surface area contributed by atoms with E-state index in [0.29, 0.717) is 5.57 Å². The molecule has 2 saturated carbocycles. The summed E-state index contributed by atoms with van der Waals surface area (Å²) in [7, 11) is 0. The van der Waals surface area contributed by atoms with Gasteiger partial charge in [0.2, 0.25) is 0 Å². The lowest BCUT2D eigenvalue weighted by Gasteiger charge is -2.69. The molecule has 1 aromatic rings. The summed E-state index contributed by atoms with van der Waals surface area (Å²) >= 11 is 0. The van der Waals surface area contributed by atoms with Gasteiger partial charge >= 0.3 is 41.8 Å². The maximum absolute atomic E-state index is 14.3. The zero-order valence-corrected chi connectivity index (χ0v) is 32.3. The first-order valence-corrected chi connectivity index (χ1v) is 17.9. The van der Waals surface area contributed by atoms with Crippen molar-refractivity contribution in [2.75, 3.05) is 13.2 Å². The van der Waals surface area contributed by atoms with E-state index >= 15 is 0 Å². The van der Waals surface area contributed by atoms with Crippen molar-refractivity contribution in [2.24, 2.45) is 16.7 Å². The number of esters is 7. The zero-order valence-electron chi connectivity index (χ0n) is 32.3. The molecule has 1 aromatic carbocycles. The van der Waals surface area contributed by atoms with Crippen molar-refractivity contribution in [3.8, 4) is 0 Å². The largest absolute Gasteiger partial charge is 0.462 e. The molecule has 5 rings (SSSR count). The third kappa shape index (κ3) is 7.21. The van der Waals surface area contributed by atoms with Crippen LogP contribution in [0.2, 0.25) is 0 Å². The van der Waals surface area contributed by atoms with E-state index in [1.54, 1.807) is 45.9 Å². The van der Waals surface area contributed by atoms with Crippen molar-refractivity contribution >= 4 is 41.8 Å². The Morgan fingerprint density at radius 2 is 1.40 bits per heavy atom. The number of hydrogen-bond donors (Lipinski definition) is 1. The highest BCUT2D eigenvalue weighted by Crippen LogP contribution is 2.66. The molecule has 1 saturated heterocycles. The van der Waals surface area contributed by atoms with Crippen LogP contribution in [0.3, 0.4) is 0 Å². The van der Waals surface area contributed by atoms with E-state index in [-0.39, 0.29) is 30.6 Å². The topological polar surface area (TPSA) is 214 Å². The van der Waals surface area contributed by atoms with Crippen molar-refractivity contribution in [2.45, 2.75) is 123 Å². The molecule has 0 spiro atoms. The van der Waals surface area contributed by atoms with Gasteiger partial charge in [0, 0.05) is 52.9 Å². The first kappa shape index (κ1) is 41.3. The predicted molar refractivity (Wildman–Crippen MR) is 185 cm³/mol. The van der Waals surface area contributed by atoms with Crippen molar-refractivity contribution in [3.63, 3.8) is 0 Å². The molecule has 0 radical (unpaired) electrons. The Labute approximate surface area is 318 Å². The van der Waals surface area contributed by atoms with Crippen LogP contribution in [0.15, 0.2) is 41.5 Å². The Kier molecular flexibility index (Phi) is 11.3. The third-order valence-electron chi connectivity index (χ3n) is 11.6. The average molecular weight is 773 g/mol. The van der Waals surface area contributed by atoms with Crippen LogP contribution in [-0.4, -0.2) is 108 Å². The average Bonchev–Trinajstić information content (AvgIpc) is 3.07. The summed E-state index contributed by atoms with van der Waals surface area (Å²) in [4.78, 5) is 91.5. The Bertz CT molecular complexity index is 1780. The number of benzene rings is 1.